The van der Waals surface area contributed by atoms with E-state index >= 15 is 0 Å². The maximum absolute atomic E-state index is 13.3. The second-order valence-corrected chi connectivity index (χ2v) is 12.4. The molecule has 7 nitrogen and oxygen atoms in total. The Morgan fingerprint density at radius 1 is 1.08 bits per heavy atom. The molecule has 9 heteroatoms. The fraction of sp³-hybridized carbons (Fsp3) is 0.367. The van der Waals surface area contributed by atoms with E-state index in [0.29, 0.717) is 35.7 Å². The molecule has 39 heavy (non-hydrogen) atoms. The van der Waals surface area contributed by atoms with Gasteiger partial charge in [-0.2, -0.15) is 0 Å². The van der Waals surface area contributed by atoms with Gasteiger partial charge in [0.15, 0.2) is 0 Å². The summed E-state index contributed by atoms with van der Waals surface area (Å²) in [6.07, 6.45) is 2.67. The number of amides is 1. The van der Waals surface area contributed by atoms with Crippen LogP contribution in [0.5, 0.6) is 0 Å². The lowest BCUT2D eigenvalue weighted by molar-refractivity contribution is -0.120. The Morgan fingerprint density at radius 3 is 2.59 bits per heavy atom. The maximum atomic E-state index is 13.3. The summed E-state index contributed by atoms with van der Waals surface area (Å²) in [7, 11) is -3.86. The topological polar surface area (TPSA) is 98.7 Å². The van der Waals surface area contributed by atoms with Crippen molar-refractivity contribution in [2.45, 2.75) is 68.7 Å². The summed E-state index contributed by atoms with van der Waals surface area (Å²) in [6, 6.07) is 18.9. The van der Waals surface area contributed by atoms with Gasteiger partial charge in [0.2, 0.25) is 15.9 Å². The first kappa shape index (κ1) is 27.8. The Hall–Kier alpha value is -2.75. The zero-order valence-electron chi connectivity index (χ0n) is 21.9. The summed E-state index contributed by atoms with van der Waals surface area (Å²) in [5.41, 5.74) is 4.24. The molecule has 1 fully saturated rings. The zero-order chi connectivity index (χ0) is 27.6. The molecule has 0 saturated carbocycles. The first-order valence-electron chi connectivity index (χ1n) is 13.5. The number of carbonyl (C=O) groups excluding carboxylic acids is 1. The lowest BCUT2D eigenvalue weighted by Crippen LogP contribution is -2.40. The minimum Gasteiger partial charge on any atom is -0.391 e. The molecule has 2 aliphatic rings. The van der Waals surface area contributed by atoms with E-state index in [0.717, 1.165) is 42.5 Å². The number of aryl methyl sites for hydroxylation is 2. The van der Waals surface area contributed by atoms with Crippen LogP contribution in [0.1, 0.15) is 54.5 Å². The van der Waals surface area contributed by atoms with Crippen molar-refractivity contribution in [3.8, 4) is 0 Å². The molecular formula is C30H34ClN3O4S. The molecule has 5 rings (SSSR count). The number of hydrogen-bond acceptors (Lipinski definition) is 5. The maximum Gasteiger partial charge on any atom is 0.241 e. The second-order valence-electron chi connectivity index (χ2n) is 10.3. The van der Waals surface area contributed by atoms with E-state index in [9.17, 15) is 18.3 Å². The number of carbonyl (C=O) groups is 1. The van der Waals surface area contributed by atoms with Gasteiger partial charge in [0, 0.05) is 17.3 Å². The number of fused-ring (bicyclic) bond motifs is 1. The normalized spacial score (nSPS) is 21.5. The van der Waals surface area contributed by atoms with Crippen LogP contribution in [-0.4, -0.2) is 43.0 Å². The number of hydrogen-bond donors (Lipinski definition) is 3. The van der Waals surface area contributed by atoms with Crippen LogP contribution >= 0.6 is 11.6 Å². The predicted octanol–water partition coefficient (Wildman–Crippen LogP) is 4.83. The summed E-state index contributed by atoms with van der Waals surface area (Å²) in [6.45, 7) is 3.41. The fourth-order valence-electron chi connectivity index (χ4n) is 5.53. The Labute approximate surface area is 235 Å². The van der Waals surface area contributed by atoms with Gasteiger partial charge >= 0.3 is 0 Å². The van der Waals surface area contributed by atoms with Gasteiger partial charge in [-0.15, -0.1) is 0 Å². The van der Waals surface area contributed by atoms with Gasteiger partial charge in [-0.1, -0.05) is 54.9 Å². The number of sulfonamides is 1. The van der Waals surface area contributed by atoms with Crippen molar-refractivity contribution in [2.75, 3.05) is 11.9 Å². The average molecular weight is 568 g/mol. The number of aliphatic hydroxyl groups excluding tert-OH is 1. The van der Waals surface area contributed by atoms with Crippen molar-refractivity contribution in [2.24, 2.45) is 0 Å². The van der Waals surface area contributed by atoms with Crippen LogP contribution in [0.15, 0.2) is 71.6 Å². The van der Waals surface area contributed by atoms with Crippen molar-refractivity contribution in [3.05, 3.63) is 94.0 Å². The molecule has 1 aliphatic carbocycles. The number of halogens is 1. The summed E-state index contributed by atoms with van der Waals surface area (Å²) >= 11 is 6.35. The van der Waals surface area contributed by atoms with E-state index in [1.807, 2.05) is 43.3 Å². The smallest absolute Gasteiger partial charge is 0.241 e. The van der Waals surface area contributed by atoms with Gasteiger partial charge in [-0.25, -0.2) is 13.1 Å². The third-order valence-electron chi connectivity index (χ3n) is 7.76. The number of nitrogens with one attached hydrogen (secondary N) is 2. The predicted molar refractivity (Wildman–Crippen MR) is 153 cm³/mol. The standard InChI is InChI=1S/C30H34ClN3O4S/c1-2-20-9-14-24(15-10-20)39(37,38)33-29-25-18-23(13-11-21(25)12-16-28(29)35)32-30(36)27-8-5-17-34(27)19-22-6-3-4-7-26(22)31/h3-4,6-7,9-11,13-15,18,27-29,33,35H,2,5,8,12,16-17,19H2,1H3,(H,32,36)/t27-,28-,29-/m1/s1. The molecule has 0 spiro atoms. The Morgan fingerprint density at radius 2 is 1.85 bits per heavy atom. The number of aliphatic hydroxyl groups is 1. The van der Waals surface area contributed by atoms with E-state index in [1.165, 1.54) is 0 Å². The number of rotatable bonds is 8. The first-order valence-corrected chi connectivity index (χ1v) is 15.3. The highest BCUT2D eigenvalue weighted by atomic mass is 35.5. The van der Waals surface area contributed by atoms with Gasteiger partial charge in [0.1, 0.15) is 0 Å². The van der Waals surface area contributed by atoms with Crippen LogP contribution in [0.3, 0.4) is 0 Å². The van der Waals surface area contributed by atoms with Crippen LogP contribution in [-0.2, 0) is 34.2 Å². The molecule has 3 aromatic carbocycles. The average Bonchev–Trinajstić information content (AvgIpc) is 3.40. The summed E-state index contributed by atoms with van der Waals surface area (Å²) < 4.78 is 29.1. The molecule has 0 unspecified atom stereocenters. The molecule has 3 N–H and O–H groups in total. The first-order chi connectivity index (χ1) is 18.7. The summed E-state index contributed by atoms with van der Waals surface area (Å²) in [4.78, 5) is 15.6. The highest BCUT2D eigenvalue weighted by molar-refractivity contribution is 7.89. The molecular weight excluding hydrogens is 534 g/mol. The van der Waals surface area contributed by atoms with Crippen molar-refractivity contribution in [1.29, 1.82) is 0 Å². The van der Waals surface area contributed by atoms with E-state index in [-0.39, 0.29) is 16.8 Å². The Bertz CT molecular complexity index is 1440. The number of likely N-dealkylation sites (tertiary alicyclic amines) is 1. The Balaban J connectivity index is 1.33. The van der Waals surface area contributed by atoms with Crippen molar-refractivity contribution in [1.82, 2.24) is 9.62 Å². The van der Waals surface area contributed by atoms with Gasteiger partial charge in [0.25, 0.3) is 0 Å². The zero-order valence-corrected chi connectivity index (χ0v) is 23.5. The van der Waals surface area contributed by atoms with E-state index in [4.69, 9.17) is 11.6 Å². The van der Waals surface area contributed by atoms with E-state index in [2.05, 4.69) is 14.9 Å². The van der Waals surface area contributed by atoms with Crippen LogP contribution in [0, 0.1) is 0 Å². The number of anilines is 1. The quantitative estimate of drug-likeness (QED) is 0.362. The molecule has 3 aromatic rings. The lowest BCUT2D eigenvalue weighted by atomic mass is 9.86. The molecule has 0 aromatic heterocycles. The van der Waals surface area contributed by atoms with Crippen molar-refractivity contribution < 1.29 is 18.3 Å². The molecule has 1 saturated heterocycles. The second kappa shape index (κ2) is 11.8. The summed E-state index contributed by atoms with van der Waals surface area (Å²) in [5, 5.41) is 14.5. The van der Waals surface area contributed by atoms with Crippen LogP contribution < -0.4 is 10.0 Å². The number of nitrogens with zero attached hydrogens (tertiary/aromatic N) is 1. The molecule has 206 valence electrons. The van der Waals surface area contributed by atoms with Crippen LogP contribution in [0.2, 0.25) is 5.02 Å². The minimum absolute atomic E-state index is 0.107. The Kier molecular flexibility index (Phi) is 8.40. The van der Waals surface area contributed by atoms with Gasteiger partial charge in [-0.3, -0.25) is 9.69 Å². The van der Waals surface area contributed by atoms with Gasteiger partial charge < -0.3 is 10.4 Å². The highest BCUT2D eigenvalue weighted by Crippen LogP contribution is 2.34. The third kappa shape index (κ3) is 6.21. The molecule has 0 bridgehead atoms. The number of benzene rings is 3. The van der Waals surface area contributed by atoms with Gasteiger partial charge in [0.05, 0.1) is 23.1 Å². The summed E-state index contributed by atoms with van der Waals surface area (Å²) in [5.74, 6) is -0.107. The third-order valence-corrected chi connectivity index (χ3v) is 9.59. The molecule has 3 atom stereocenters. The molecule has 1 amide bonds. The van der Waals surface area contributed by atoms with Gasteiger partial charge in [-0.05, 0) is 91.2 Å². The van der Waals surface area contributed by atoms with E-state index in [1.54, 1.807) is 30.3 Å². The van der Waals surface area contributed by atoms with E-state index < -0.39 is 22.2 Å². The van der Waals surface area contributed by atoms with Crippen molar-refractivity contribution >= 4 is 33.2 Å². The molecule has 0 radical (unpaired) electrons. The SMILES string of the molecule is CCc1ccc(S(=O)(=O)N[C@@H]2c3cc(NC(=O)[C@H]4CCCN4Cc4ccccc4Cl)ccc3CC[C@H]2O)cc1. The van der Waals surface area contributed by atoms with Crippen LogP contribution in [0.4, 0.5) is 5.69 Å². The fourth-order valence-corrected chi connectivity index (χ4v) is 6.98. The molecule has 1 aliphatic heterocycles. The monoisotopic (exact) mass is 567 g/mol. The van der Waals surface area contributed by atoms with Crippen LogP contribution in [0.25, 0.3) is 0 Å². The highest BCUT2D eigenvalue weighted by Gasteiger charge is 2.34. The minimum atomic E-state index is -3.86. The lowest BCUT2D eigenvalue weighted by Gasteiger charge is -2.31. The molecule has 1 heterocycles. The largest absolute Gasteiger partial charge is 0.391 e. The van der Waals surface area contributed by atoms with Crippen molar-refractivity contribution in [3.63, 3.8) is 0 Å².